The van der Waals surface area contributed by atoms with E-state index in [0.717, 1.165) is 64.3 Å². The molecule has 1 amide bonds. The molecule has 0 spiro atoms. The molecule has 2 aliphatic rings. The molecule has 3 rings (SSSR count). The lowest BCUT2D eigenvalue weighted by atomic mass is 9.82. The first-order valence-electron chi connectivity index (χ1n) is 9.03. The maximum absolute atomic E-state index is 12.5. The Morgan fingerprint density at radius 2 is 1.85 bits per heavy atom. The largest absolute Gasteiger partial charge is 0.379 e. The van der Waals surface area contributed by atoms with Crippen LogP contribution in [0.4, 0.5) is 0 Å². The molecule has 0 radical (unpaired) electrons. The maximum atomic E-state index is 12.5. The summed E-state index contributed by atoms with van der Waals surface area (Å²) in [4.78, 5) is 14.9. The normalized spacial score (nSPS) is 23.4. The van der Waals surface area contributed by atoms with Gasteiger partial charge in [-0.25, -0.2) is 0 Å². The molecule has 2 heterocycles. The number of ether oxygens (including phenoxy) is 1. The fourth-order valence-electron chi connectivity index (χ4n) is 3.43. The van der Waals surface area contributed by atoms with Crippen LogP contribution in [0.15, 0.2) is 24.3 Å². The summed E-state index contributed by atoms with van der Waals surface area (Å²) in [6, 6.07) is 8.58. The first-order chi connectivity index (χ1) is 11.7. The molecule has 2 aliphatic heterocycles. The van der Waals surface area contributed by atoms with Crippen LogP contribution >= 0.6 is 24.8 Å². The molecule has 1 aromatic rings. The van der Waals surface area contributed by atoms with Crippen LogP contribution in [0.3, 0.4) is 0 Å². The second kappa shape index (κ2) is 11.1. The smallest absolute Gasteiger partial charge is 0.227 e. The lowest BCUT2D eigenvalue weighted by molar-refractivity contribution is -0.131. The van der Waals surface area contributed by atoms with Crippen molar-refractivity contribution < 1.29 is 9.53 Å². The van der Waals surface area contributed by atoms with E-state index >= 15 is 0 Å². The summed E-state index contributed by atoms with van der Waals surface area (Å²) in [6.07, 6.45) is 2.03. The van der Waals surface area contributed by atoms with E-state index in [1.807, 2.05) is 0 Å². The van der Waals surface area contributed by atoms with Gasteiger partial charge in [-0.1, -0.05) is 24.3 Å². The van der Waals surface area contributed by atoms with Gasteiger partial charge in [0.15, 0.2) is 0 Å². The molecule has 0 saturated carbocycles. The molecule has 26 heavy (non-hydrogen) atoms. The van der Waals surface area contributed by atoms with E-state index < -0.39 is 0 Å². The highest BCUT2D eigenvalue weighted by Gasteiger charge is 2.34. The molecule has 1 unspecified atom stereocenters. The number of carbonyl (C=O) groups is 1. The van der Waals surface area contributed by atoms with Gasteiger partial charge in [0, 0.05) is 32.7 Å². The lowest BCUT2D eigenvalue weighted by Crippen LogP contribution is -2.48. The predicted octanol–water partition coefficient (Wildman–Crippen LogP) is 2.37. The van der Waals surface area contributed by atoms with Gasteiger partial charge in [-0.05, 0) is 37.4 Å². The molecular weight excluding hydrogens is 373 g/mol. The number of nitrogens with one attached hydrogen (secondary N) is 2. The summed E-state index contributed by atoms with van der Waals surface area (Å²) in [5, 5.41) is 6.43. The number of benzene rings is 1. The highest BCUT2D eigenvalue weighted by molar-refractivity contribution is 5.85. The summed E-state index contributed by atoms with van der Waals surface area (Å²) in [5.41, 5.74) is 2.20. The third kappa shape index (κ3) is 6.39. The minimum atomic E-state index is -0.269. The van der Waals surface area contributed by atoms with Crippen LogP contribution in [-0.4, -0.2) is 50.2 Å². The van der Waals surface area contributed by atoms with Crippen LogP contribution in [0.2, 0.25) is 0 Å². The third-order valence-corrected chi connectivity index (χ3v) is 5.13. The molecular formula is C19H31Cl2N3O2. The number of morpholine rings is 1. The molecule has 0 aliphatic carbocycles. The van der Waals surface area contributed by atoms with E-state index in [4.69, 9.17) is 4.74 Å². The summed E-state index contributed by atoms with van der Waals surface area (Å²) in [5.74, 6) is 0.159. The Hall–Kier alpha value is -0.850. The summed E-state index contributed by atoms with van der Waals surface area (Å²) in [7, 11) is 0. The third-order valence-electron chi connectivity index (χ3n) is 5.13. The Balaban J connectivity index is 0.00000169. The number of halogens is 2. The summed E-state index contributed by atoms with van der Waals surface area (Å²) in [6.45, 7) is 9.10. The van der Waals surface area contributed by atoms with Crippen LogP contribution in [-0.2, 0) is 22.6 Å². The molecule has 7 heteroatoms. The van der Waals surface area contributed by atoms with E-state index in [1.54, 1.807) is 0 Å². The van der Waals surface area contributed by atoms with E-state index in [2.05, 4.69) is 46.7 Å². The Labute approximate surface area is 169 Å². The zero-order valence-electron chi connectivity index (χ0n) is 15.5. The van der Waals surface area contributed by atoms with Crippen molar-refractivity contribution in [1.29, 1.82) is 0 Å². The SMILES string of the molecule is CC1(C(=O)NCc2ccc(CN3CCOCC3)cc2)CCCNC1.Cl.Cl. The van der Waals surface area contributed by atoms with Crippen molar-refractivity contribution in [2.45, 2.75) is 32.9 Å². The van der Waals surface area contributed by atoms with Crippen molar-refractivity contribution in [1.82, 2.24) is 15.5 Å². The second-order valence-corrected chi connectivity index (χ2v) is 7.23. The Morgan fingerprint density at radius 3 is 2.46 bits per heavy atom. The number of piperidine rings is 1. The monoisotopic (exact) mass is 403 g/mol. The van der Waals surface area contributed by atoms with Crippen molar-refractivity contribution in [3.63, 3.8) is 0 Å². The molecule has 1 atom stereocenters. The van der Waals surface area contributed by atoms with Crippen LogP contribution in [0.1, 0.15) is 30.9 Å². The van der Waals surface area contributed by atoms with Crippen molar-refractivity contribution in [2.75, 3.05) is 39.4 Å². The molecule has 2 N–H and O–H groups in total. The van der Waals surface area contributed by atoms with E-state index in [-0.39, 0.29) is 36.1 Å². The van der Waals surface area contributed by atoms with Gasteiger partial charge >= 0.3 is 0 Å². The van der Waals surface area contributed by atoms with E-state index in [0.29, 0.717) is 6.54 Å². The van der Waals surface area contributed by atoms with E-state index in [1.165, 1.54) is 5.56 Å². The average molecular weight is 404 g/mol. The van der Waals surface area contributed by atoms with Gasteiger partial charge in [-0.15, -0.1) is 24.8 Å². The topological polar surface area (TPSA) is 53.6 Å². The number of carbonyl (C=O) groups excluding carboxylic acids is 1. The van der Waals surface area contributed by atoms with Gasteiger partial charge in [0.25, 0.3) is 0 Å². The summed E-state index contributed by atoms with van der Waals surface area (Å²) < 4.78 is 5.38. The molecule has 0 bridgehead atoms. The van der Waals surface area contributed by atoms with Gasteiger partial charge in [-0.2, -0.15) is 0 Å². The predicted molar refractivity (Wildman–Crippen MR) is 109 cm³/mol. The molecule has 1 aromatic carbocycles. The highest BCUT2D eigenvalue weighted by Crippen LogP contribution is 2.25. The Kier molecular flexibility index (Phi) is 9.90. The van der Waals surface area contributed by atoms with Crippen LogP contribution in [0, 0.1) is 5.41 Å². The number of amides is 1. The summed E-state index contributed by atoms with van der Waals surface area (Å²) >= 11 is 0. The Bertz CT molecular complexity index is 542. The maximum Gasteiger partial charge on any atom is 0.227 e. The van der Waals surface area contributed by atoms with Crippen molar-refractivity contribution in [3.05, 3.63) is 35.4 Å². The van der Waals surface area contributed by atoms with Crippen molar-refractivity contribution in [3.8, 4) is 0 Å². The molecule has 148 valence electrons. The lowest BCUT2D eigenvalue weighted by Gasteiger charge is -2.32. The van der Waals surface area contributed by atoms with Crippen LogP contribution in [0.5, 0.6) is 0 Å². The van der Waals surface area contributed by atoms with Gasteiger partial charge in [0.1, 0.15) is 0 Å². The second-order valence-electron chi connectivity index (χ2n) is 7.23. The molecule has 2 fully saturated rings. The number of rotatable bonds is 5. The first-order valence-corrected chi connectivity index (χ1v) is 9.03. The number of hydrogen-bond donors (Lipinski definition) is 2. The Morgan fingerprint density at radius 1 is 1.19 bits per heavy atom. The fraction of sp³-hybridized carbons (Fsp3) is 0.632. The average Bonchev–Trinajstić information content (AvgIpc) is 2.62. The minimum Gasteiger partial charge on any atom is -0.379 e. The molecule has 2 saturated heterocycles. The van der Waals surface area contributed by atoms with Gasteiger partial charge in [-0.3, -0.25) is 9.69 Å². The fourth-order valence-corrected chi connectivity index (χ4v) is 3.43. The van der Waals surface area contributed by atoms with Gasteiger partial charge < -0.3 is 15.4 Å². The quantitative estimate of drug-likeness (QED) is 0.791. The number of hydrogen-bond acceptors (Lipinski definition) is 4. The molecule has 0 aromatic heterocycles. The molecule has 5 nitrogen and oxygen atoms in total. The van der Waals surface area contributed by atoms with E-state index in [9.17, 15) is 4.79 Å². The number of nitrogens with zero attached hydrogens (tertiary/aromatic N) is 1. The van der Waals surface area contributed by atoms with Crippen molar-refractivity contribution in [2.24, 2.45) is 5.41 Å². The van der Waals surface area contributed by atoms with Crippen LogP contribution < -0.4 is 10.6 Å². The zero-order chi connectivity index (χ0) is 16.8. The zero-order valence-corrected chi connectivity index (χ0v) is 17.1. The standard InChI is InChI=1S/C19H29N3O2.2ClH/c1-19(7-2-8-20-15-19)18(23)21-13-16-3-5-17(6-4-16)14-22-9-11-24-12-10-22;;/h3-6,20H,2,7-15H2,1H3,(H,21,23);2*1H. The van der Waals surface area contributed by atoms with Crippen LogP contribution in [0.25, 0.3) is 0 Å². The first kappa shape index (κ1) is 23.2. The van der Waals surface area contributed by atoms with Crippen molar-refractivity contribution >= 4 is 30.7 Å². The minimum absolute atomic E-state index is 0. The highest BCUT2D eigenvalue weighted by atomic mass is 35.5. The van der Waals surface area contributed by atoms with Gasteiger partial charge in [0.2, 0.25) is 5.91 Å². The van der Waals surface area contributed by atoms with Gasteiger partial charge in [0.05, 0.1) is 18.6 Å².